The van der Waals surface area contributed by atoms with Crippen molar-refractivity contribution >= 4 is 0 Å². The minimum atomic E-state index is 0.189. The van der Waals surface area contributed by atoms with Crippen LogP contribution < -0.4 is 4.74 Å². The molecule has 1 aromatic carbocycles. The fraction of sp³-hybridized carbons (Fsp3) is 0.353. The summed E-state index contributed by atoms with van der Waals surface area (Å²) in [6.07, 6.45) is 3.01. The molecule has 2 heterocycles. The van der Waals surface area contributed by atoms with Gasteiger partial charge in [0.15, 0.2) is 11.5 Å². The molecule has 1 fully saturated rings. The van der Waals surface area contributed by atoms with Gasteiger partial charge in [0.05, 0.1) is 7.11 Å². The van der Waals surface area contributed by atoms with E-state index in [-0.39, 0.29) is 5.75 Å². The summed E-state index contributed by atoms with van der Waals surface area (Å²) in [6.45, 7) is 2.98. The molecule has 1 aromatic heterocycles. The zero-order chi connectivity index (χ0) is 14.7. The van der Waals surface area contributed by atoms with Crippen molar-refractivity contribution in [3.05, 3.63) is 53.9 Å². The van der Waals surface area contributed by atoms with Crippen molar-refractivity contribution in [2.24, 2.45) is 0 Å². The lowest BCUT2D eigenvalue weighted by Crippen LogP contribution is -2.19. The fourth-order valence-corrected chi connectivity index (χ4v) is 2.91. The third-order valence-corrected chi connectivity index (χ3v) is 4.03. The highest BCUT2D eigenvalue weighted by atomic mass is 16.5. The molecule has 0 saturated carbocycles. The molecule has 0 amide bonds. The number of pyridine rings is 1. The summed E-state index contributed by atoms with van der Waals surface area (Å²) in [7, 11) is 1.58. The summed E-state index contributed by atoms with van der Waals surface area (Å²) in [6, 6.07) is 11.7. The predicted octanol–water partition coefficient (Wildman–Crippen LogP) is 2.79. The molecule has 1 saturated heterocycles. The second kappa shape index (κ2) is 6.14. The first kappa shape index (κ1) is 13.9. The van der Waals surface area contributed by atoms with E-state index in [0.29, 0.717) is 11.7 Å². The smallest absolute Gasteiger partial charge is 0.160 e. The lowest BCUT2D eigenvalue weighted by Gasteiger charge is -2.16. The van der Waals surface area contributed by atoms with Crippen molar-refractivity contribution in [3.63, 3.8) is 0 Å². The molecule has 1 atom stereocenters. The maximum Gasteiger partial charge on any atom is 0.160 e. The molecule has 110 valence electrons. The Balaban J connectivity index is 1.65. The van der Waals surface area contributed by atoms with Crippen LogP contribution in [0.5, 0.6) is 11.5 Å². The van der Waals surface area contributed by atoms with Gasteiger partial charge in [-0.3, -0.25) is 9.88 Å². The number of ether oxygens (including phenoxy) is 1. The molecule has 2 aromatic rings. The number of aromatic hydroxyl groups is 1. The van der Waals surface area contributed by atoms with Gasteiger partial charge in [0.1, 0.15) is 0 Å². The van der Waals surface area contributed by atoms with E-state index in [4.69, 9.17) is 4.74 Å². The quantitative estimate of drug-likeness (QED) is 0.937. The minimum absolute atomic E-state index is 0.189. The molecule has 0 radical (unpaired) electrons. The molecule has 1 N–H and O–H groups in total. The lowest BCUT2D eigenvalue weighted by molar-refractivity contribution is 0.324. The zero-order valence-electron chi connectivity index (χ0n) is 12.2. The maximum atomic E-state index is 9.64. The van der Waals surface area contributed by atoms with E-state index >= 15 is 0 Å². The Morgan fingerprint density at radius 2 is 2.24 bits per heavy atom. The number of hydrogen-bond donors (Lipinski definition) is 1. The topological polar surface area (TPSA) is 45.6 Å². The zero-order valence-corrected chi connectivity index (χ0v) is 12.2. The van der Waals surface area contributed by atoms with Crippen molar-refractivity contribution in [3.8, 4) is 11.5 Å². The first-order valence-corrected chi connectivity index (χ1v) is 7.25. The standard InChI is InChI=1S/C17H20N2O2/c1-21-17-10-13(5-6-16(17)20)11-19-9-7-14(12-19)15-4-2-3-8-18-15/h2-6,8,10,14,20H,7,9,11-12H2,1H3/t14-/m1/s1. The second-order valence-corrected chi connectivity index (χ2v) is 5.48. The van der Waals surface area contributed by atoms with Crippen LogP contribution in [0.1, 0.15) is 23.6 Å². The van der Waals surface area contributed by atoms with Crippen LogP contribution in [0.2, 0.25) is 0 Å². The van der Waals surface area contributed by atoms with Crippen molar-refractivity contribution in [2.75, 3.05) is 20.2 Å². The van der Waals surface area contributed by atoms with Gasteiger partial charge in [-0.15, -0.1) is 0 Å². The van der Waals surface area contributed by atoms with Gasteiger partial charge < -0.3 is 9.84 Å². The molecule has 0 spiro atoms. The van der Waals surface area contributed by atoms with Gasteiger partial charge in [-0.1, -0.05) is 12.1 Å². The van der Waals surface area contributed by atoms with Crippen LogP contribution in [0.3, 0.4) is 0 Å². The Hall–Kier alpha value is -2.07. The summed E-state index contributed by atoms with van der Waals surface area (Å²) in [5, 5.41) is 9.64. The van der Waals surface area contributed by atoms with E-state index in [1.54, 1.807) is 13.2 Å². The van der Waals surface area contributed by atoms with E-state index < -0.39 is 0 Å². The Labute approximate surface area is 125 Å². The highest BCUT2D eigenvalue weighted by Gasteiger charge is 2.24. The number of methoxy groups -OCH3 is 1. The molecular weight excluding hydrogens is 264 g/mol. The van der Waals surface area contributed by atoms with Gasteiger partial charge in [0.25, 0.3) is 0 Å². The van der Waals surface area contributed by atoms with E-state index in [1.165, 1.54) is 5.69 Å². The molecule has 1 aliphatic rings. The molecule has 3 rings (SSSR count). The summed E-state index contributed by atoms with van der Waals surface area (Å²) >= 11 is 0. The third kappa shape index (κ3) is 3.16. The summed E-state index contributed by atoms with van der Waals surface area (Å²) in [5.41, 5.74) is 2.34. The molecule has 0 aliphatic carbocycles. The van der Waals surface area contributed by atoms with E-state index in [1.807, 2.05) is 24.4 Å². The monoisotopic (exact) mass is 284 g/mol. The minimum Gasteiger partial charge on any atom is -0.504 e. The molecular formula is C17H20N2O2. The Kier molecular flexibility index (Phi) is 4.06. The van der Waals surface area contributed by atoms with Crippen molar-refractivity contribution in [1.29, 1.82) is 0 Å². The number of aromatic nitrogens is 1. The molecule has 21 heavy (non-hydrogen) atoms. The second-order valence-electron chi connectivity index (χ2n) is 5.48. The number of benzene rings is 1. The average molecular weight is 284 g/mol. The first-order valence-electron chi connectivity index (χ1n) is 7.25. The van der Waals surface area contributed by atoms with Gasteiger partial charge in [-0.2, -0.15) is 0 Å². The van der Waals surface area contributed by atoms with Gasteiger partial charge in [0.2, 0.25) is 0 Å². The molecule has 4 nitrogen and oxygen atoms in total. The molecule has 0 unspecified atom stereocenters. The van der Waals surface area contributed by atoms with Gasteiger partial charge in [-0.05, 0) is 42.8 Å². The Bertz CT molecular complexity index is 601. The Morgan fingerprint density at radius 3 is 3.00 bits per heavy atom. The van der Waals surface area contributed by atoms with E-state index in [0.717, 1.165) is 31.6 Å². The number of rotatable bonds is 4. The number of phenols is 1. The van der Waals surface area contributed by atoms with Gasteiger partial charge >= 0.3 is 0 Å². The summed E-state index contributed by atoms with van der Waals surface area (Å²) < 4.78 is 5.16. The van der Waals surface area contributed by atoms with E-state index in [9.17, 15) is 5.11 Å². The third-order valence-electron chi connectivity index (χ3n) is 4.03. The van der Waals surface area contributed by atoms with Crippen LogP contribution >= 0.6 is 0 Å². The molecule has 4 heteroatoms. The normalized spacial score (nSPS) is 18.8. The first-order chi connectivity index (χ1) is 10.3. The number of nitrogens with zero attached hydrogens (tertiary/aromatic N) is 2. The molecule has 1 aliphatic heterocycles. The van der Waals surface area contributed by atoms with E-state index in [2.05, 4.69) is 22.0 Å². The predicted molar refractivity (Wildman–Crippen MR) is 81.5 cm³/mol. The largest absolute Gasteiger partial charge is 0.504 e. The van der Waals surface area contributed by atoms with Gasteiger partial charge in [-0.25, -0.2) is 0 Å². The fourth-order valence-electron chi connectivity index (χ4n) is 2.91. The number of hydrogen-bond acceptors (Lipinski definition) is 4. The van der Waals surface area contributed by atoms with Crippen molar-refractivity contribution < 1.29 is 9.84 Å². The average Bonchev–Trinajstić information content (AvgIpc) is 2.98. The Morgan fingerprint density at radius 1 is 1.33 bits per heavy atom. The van der Waals surface area contributed by atoms with Crippen LogP contribution in [-0.2, 0) is 6.54 Å². The highest BCUT2D eigenvalue weighted by molar-refractivity contribution is 5.41. The van der Waals surface area contributed by atoms with Crippen LogP contribution in [0.15, 0.2) is 42.6 Å². The SMILES string of the molecule is COc1cc(CN2CC[C@@H](c3ccccn3)C2)ccc1O. The maximum absolute atomic E-state index is 9.64. The summed E-state index contributed by atoms with van der Waals surface area (Å²) in [5.74, 6) is 1.24. The van der Waals surface area contributed by atoms with Crippen LogP contribution in [0, 0.1) is 0 Å². The lowest BCUT2D eigenvalue weighted by atomic mass is 10.0. The van der Waals surface area contributed by atoms with Gasteiger partial charge in [0, 0.05) is 30.9 Å². The van der Waals surface area contributed by atoms with Crippen molar-refractivity contribution in [1.82, 2.24) is 9.88 Å². The van der Waals surface area contributed by atoms with Crippen LogP contribution in [0.4, 0.5) is 0 Å². The molecule has 0 bridgehead atoms. The van der Waals surface area contributed by atoms with Crippen LogP contribution in [0.25, 0.3) is 0 Å². The number of likely N-dealkylation sites (tertiary alicyclic amines) is 1. The van der Waals surface area contributed by atoms with Crippen molar-refractivity contribution in [2.45, 2.75) is 18.9 Å². The highest BCUT2D eigenvalue weighted by Crippen LogP contribution is 2.29. The van der Waals surface area contributed by atoms with Crippen LogP contribution in [-0.4, -0.2) is 35.2 Å². The summed E-state index contributed by atoms with van der Waals surface area (Å²) in [4.78, 5) is 6.88. The number of phenolic OH excluding ortho intramolecular Hbond substituents is 1.